The Morgan fingerprint density at radius 2 is 2.25 bits per heavy atom. The van der Waals surface area contributed by atoms with Gasteiger partial charge in [-0.2, -0.15) is 0 Å². The third-order valence-corrected chi connectivity index (χ3v) is 3.94. The summed E-state index contributed by atoms with van der Waals surface area (Å²) in [6, 6.07) is 10.3. The molecular weight excluding hydrogens is 268 g/mol. The van der Waals surface area contributed by atoms with Crippen molar-refractivity contribution in [1.82, 2.24) is 9.88 Å². The van der Waals surface area contributed by atoms with Crippen molar-refractivity contribution in [1.29, 1.82) is 0 Å². The average molecular weight is 286 g/mol. The first-order chi connectivity index (χ1) is 9.63. The largest absolute Gasteiger partial charge is 0.389 e. The molecule has 1 aliphatic heterocycles. The summed E-state index contributed by atoms with van der Waals surface area (Å²) in [5.41, 5.74) is 7.66. The Morgan fingerprint density at radius 1 is 1.45 bits per heavy atom. The van der Waals surface area contributed by atoms with Gasteiger partial charge in [0.25, 0.3) is 0 Å². The topological polar surface area (TPSA) is 54.2 Å². The van der Waals surface area contributed by atoms with Gasteiger partial charge in [-0.05, 0) is 32.1 Å². The molecule has 0 radical (unpaired) electrons. The number of hydrogen-bond acceptors (Lipinski definition) is 4. The van der Waals surface area contributed by atoms with Crippen LogP contribution in [0.2, 0.25) is 0 Å². The lowest BCUT2D eigenvalue weighted by Gasteiger charge is -2.15. The van der Waals surface area contributed by atoms with E-state index in [4.69, 9.17) is 18.0 Å². The van der Waals surface area contributed by atoms with E-state index in [2.05, 4.69) is 22.2 Å². The summed E-state index contributed by atoms with van der Waals surface area (Å²) < 4.78 is 0. The summed E-state index contributed by atoms with van der Waals surface area (Å²) in [7, 11) is 2.13. The van der Waals surface area contributed by atoms with Crippen molar-refractivity contribution < 1.29 is 0 Å². The highest BCUT2D eigenvalue weighted by molar-refractivity contribution is 7.80. The number of nitrogens with one attached hydrogen (secondary N) is 1. The van der Waals surface area contributed by atoms with Gasteiger partial charge in [0.1, 0.15) is 10.8 Å². The van der Waals surface area contributed by atoms with E-state index in [1.54, 1.807) is 0 Å². The number of anilines is 1. The molecule has 3 N–H and O–H groups in total. The lowest BCUT2D eigenvalue weighted by Crippen LogP contribution is -2.24. The average Bonchev–Trinajstić information content (AvgIpc) is 2.83. The van der Waals surface area contributed by atoms with Crippen LogP contribution < -0.4 is 11.1 Å². The molecule has 1 saturated heterocycles. The molecule has 1 aromatic heterocycles. The Bertz CT molecular complexity index is 655. The van der Waals surface area contributed by atoms with Crippen LogP contribution in [0.4, 0.5) is 5.82 Å². The summed E-state index contributed by atoms with van der Waals surface area (Å²) in [5, 5.41) is 4.50. The number of nitrogens with zero attached hydrogens (tertiary/aromatic N) is 2. The molecule has 104 valence electrons. The molecule has 4 nitrogen and oxygen atoms in total. The summed E-state index contributed by atoms with van der Waals surface area (Å²) >= 11 is 5.16. The number of benzene rings is 1. The molecule has 0 bridgehead atoms. The maximum Gasteiger partial charge on any atom is 0.127 e. The molecular formula is C15H18N4S. The second-order valence-electron chi connectivity index (χ2n) is 5.33. The molecule has 0 aliphatic carbocycles. The first-order valence-corrected chi connectivity index (χ1v) is 7.19. The predicted octanol–water partition coefficient (Wildman–Crippen LogP) is 1.99. The minimum Gasteiger partial charge on any atom is -0.389 e. The van der Waals surface area contributed by atoms with Gasteiger partial charge >= 0.3 is 0 Å². The molecule has 1 aliphatic rings. The van der Waals surface area contributed by atoms with E-state index in [-0.39, 0.29) is 0 Å². The van der Waals surface area contributed by atoms with Gasteiger partial charge in [0.2, 0.25) is 0 Å². The fourth-order valence-electron chi connectivity index (χ4n) is 2.72. The lowest BCUT2D eigenvalue weighted by molar-refractivity contribution is 0.414. The monoisotopic (exact) mass is 286 g/mol. The highest BCUT2D eigenvalue weighted by atomic mass is 32.1. The highest BCUT2D eigenvalue weighted by Crippen LogP contribution is 2.22. The zero-order chi connectivity index (χ0) is 14.1. The van der Waals surface area contributed by atoms with Crippen LogP contribution in [0.3, 0.4) is 0 Å². The number of likely N-dealkylation sites (N-methyl/N-ethyl adjacent to an activating group) is 1. The SMILES string of the molecule is CN1CCC(Nc2cc(C(N)=S)c3ccccc3n2)C1. The molecule has 1 fully saturated rings. The molecule has 1 atom stereocenters. The van der Waals surface area contributed by atoms with E-state index in [1.165, 1.54) is 0 Å². The number of rotatable bonds is 3. The molecule has 2 heterocycles. The summed E-state index contributed by atoms with van der Waals surface area (Å²) in [6.45, 7) is 2.16. The van der Waals surface area contributed by atoms with Gasteiger partial charge < -0.3 is 16.0 Å². The molecule has 0 spiro atoms. The maximum atomic E-state index is 5.85. The van der Waals surface area contributed by atoms with Gasteiger partial charge in [0.05, 0.1) is 5.52 Å². The molecule has 1 aromatic carbocycles. The predicted molar refractivity (Wildman–Crippen MR) is 87.2 cm³/mol. The number of para-hydroxylation sites is 1. The number of pyridine rings is 1. The van der Waals surface area contributed by atoms with Crippen LogP contribution in [0.15, 0.2) is 30.3 Å². The van der Waals surface area contributed by atoms with Gasteiger partial charge in [-0.3, -0.25) is 0 Å². The minimum absolute atomic E-state index is 0.412. The van der Waals surface area contributed by atoms with Crippen molar-refractivity contribution in [3.63, 3.8) is 0 Å². The van der Waals surface area contributed by atoms with E-state index >= 15 is 0 Å². The second kappa shape index (κ2) is 5.34. The number of likely N-dealkylation sites (tertiary alicyclic amines) is 1. The fraction of sp³-hybridized carbons (Fsp3) is 0.333. The van der Waals surface area contributed by atoms with Gasteiger partial charge in [0, 0.05) is 23.5 Å². The summed E-state index contributed by atoms with van der Waals surface area (Å²) in [4.78, 5) is 7.39. The van der Waals surface area contributed by atoms with Crippen molar-refractivity contribution in [2.45, 2.75) is 12.5 Å². The van der Waals surface area contributed by atoms with E-state index in [1.807, 2.05) is 30.3 Å². The van der Waals surface area contributed by atoms with Crippen LogP contribution in [0.5, 0.6) is 0 Å². The quantitative estimate of drug-likeness (QED) is 0.845. The highest BCUT2D eigenvalue weighted by Gasteiger charge is 2.20. The Labute approximate surface area is 124 Å². The molecule has 3 rings (SSSR count). The van der Waals surface area contributed by atoms with Crippen molar-refractivity contribution in [2.75, 3.05) is 25.5 Å². The van der Waals surface area contributed by atoms with Crippen LogP contribution in [0.1, 0.15) is 12.0 Å². The Hall–Kier alpha value is -1.72. The second-order valence-corrected chi connectivity index (χ2v) is 5.77. The van der Waals surface area contributed by atoms with E-state index < -0.39 is 0 Å². The van der Waals surface area contributed by atoms with E-state index in [0.717, 1.165) is 41.8 Å². The Morgan fingerprint density at radius 3 is 2.95 bits per heavy atom. The van der Waals surface area contributed by atoms with Gasteiger partial charge in [-0.15, -0.1) is 0 Å². The zero-order valence-electron chi connectivity index (χ0n) is 11.5. The fourth-order valence-corrected chi connectivity index (χ4v) is 2.88. The van der Waals surface area contributed by atoms with Gasteiger partial charge in [-0.25, -0.2) is 4.98 Å². The Kier molecular flexibility index (Phi) is 3.54. The minimum atomic E-state index is 0.412. The standard InChI is InChI=1S/C15H18N4S/c1-19-7-6-10(9-19)17-14-8-12(15(16)20)11-4-2-3-5-13(11)18-14/h2-5,8,10H,6-7,9H2,1H3,(H2,16,20)(H,17,18). The molecule has 1 unspecified atom stereocenters. The number of nitrogens with two attached hydrogens (primary N) is 1. The molecule has 5 heteroatoms. The van der Waals surface area contributed by atoms with Crippen molar-refractivity contribution in [3.8, 4) is 0 Å². The van der Waals surface area contributed by atoms with Crippen LogP contribution in [0.25, 0.3) is 10.9 Å². The lowest BCUT2D eigenvalue weighted by atomic mass is 10.1. The van der Waals surface area contributed by atoms with Crippen LogP contribution in [0, 0.1) is 0 Å². The Balaban J connectivity index is 1.97. The van der Waals surface area contributed by atoms with Crippen molar-refractivity contribution >= 4 is 33.9 Å². The first-order valence-electron chi connectivity index (χ1n) is 6.78. The maximum absolute atomic E-state index is 5.85. The first kappa shape index (κ1) is 13.3. The van der Waals surface area contributed by atoms with Crippen molar-refractivity contribution in [3.05, 3.63) is 35.9 Å². The zero-order valence-corrected chi connectivity index (χ0v) is 12.3. The third kappa shape index (κ3) is 2.59. The number of hydrogen-bond donors (Lipinski definition) is 2. The normalized spacial score (nSPS) is 19.4. The van der Waals surface area contributed by atoms with Crippen molar-refractivity contribution in [2.24, 2.45) is 5.73 Å². The molecule has 2 aromatic rings. The van der Waals surface area contributed by atoms with E-state index in [9.17, 15) is 0 Å². The molecule has 20 heavy (non-hydrogen) atoms. The van der Waals surface area contributed by atoms with Gasteiger partial charge in [-0.1, -0.05) is 30.4 Å². The summed E-state index contributed by atoms with van der Waals surface area (Å²) in [5.74, 6) is 0.854. The van der Waals surface area contributed by atoms with Crippen LogP contribution >= 0.6 is 12.2 Å². The summed E-state index contributed by atoms with van der Waals surface area (Å²) in [6.07, 6.45) is 1.13. The number of fused-ring (bicyclic) bond motifs is 1. The van der Waals surface area contributed by atoms with Crippen LogP contribution in [-0.4, -0.2) is 41.1 Å². The number of aromatic nitrogens is 1. The molecule has 0 saturated carbocycles. The molecule has 0 amide bonds. The smallest absolute Gasteiger partial charge is 0.127 e. The van der Waals surface area contributed by atoms with E-state index in [0.29, 0.717) is 11.0 Å². The van der Waals surface area contributed by atoms with Crippen LogP contribution in [-0.2, 0) is 0 Å². The third-order valence-electron chi connectivity index (χ3n) is 3.72. The van der Waals surface area contributed by atoms with Gasteiger partial charge in [0.15, 0.2) is 0 Å². The number of thiocarbonyl (C=S) groups is 1.